The van der Waals surface area contributed by atoms with E-state index in [1.807, 2.05) is 26.1 Å². The molecule has 0 spiro atoms. The summed E-state index contributed by atoms with van der Waals surface area (Å²) < 4.78 is 5.84. The summed E-state index contributed by atoms with van der Waals surface area (Å²) in [5, 5.41) is 20.1. The Labute approximate surface area is 128 Å². The fourth-order valence-corrected chi connectivity index (χ4v) is 2.35. The quantitative estimate of drug-likeness (QED) is 0.209. The fraction of sp³-hybridized carbons (Fsp3) is 0.333. The standard InChI is InChI=1S/C15H16N4O3/c1-15(2)8-12(14(17-3)18(4)9-16)11-7-10(19(20)21)5-6-13(11)22-15/h5-8H,1-4H3. The van der Waals surface area contributed by atoms with Crippen molar-refractivity contribution in [3.8, 4) is 11.9 Å². The van der Waals surface area contributed by atoms with Gasteiger partial charge in [0.25, 0.3) is 5.69 Å². The van der Waals surface area contributed by atoms with Crippen LogP contribution in [0.25, 0.3) is 5.57 Å². The van der Waals surface area contributed by atoms with Gasteiger partial charge in [-0.1, -0.05) is 0 Å². The second kappa shape index (κ2) is 5.48. The molecule has 1 aliphatic rings. The molecule has 1 aliphatic heterocycles. The van der Waals surface area contributed by atoms with Crippen LogP contribution >= 0.6 is 0 Å². The zero-order valence-corrected chi connectivity index (χ0v) is 12.8. The summed E-state index contributed by atoms with van der Waals surface area (Å²) in [6, 6.07) is 4.41. The van der Waals surface area contributed by atoms with E-state index in [1.165, 1.54) is 17.0 Å². The number of nitriles is 1. The third-order valence-corrected chi connectivity index (χ3v) is 3.25. The first-order valence-electron chi connectivity index (χ1n) is 6.60. The van der Waals surface area contributed by atoms with E-state index in [4.69, 9.17) is 10.00 Å². The summed E-state index contributed by atoms with van der Waals surface area (Å²) in [5.41, 5.74) is 0.547. The van der Waals surface area contributed by atoms with E-state index in [-0.39, 0.29) is 5.69 Å². The van der Waals surface area contributed by atoms with E-state index < -0.39 is 10.5 Å². The molecule has 0 N–H and O–H groups in total. The smallest absolute Gasteiger partial charge is 0.270 e. The van der Waals surface area contributed by atoms with Crippen molar-refractivity contribution in [3.05, 3.63) is 40.0 Å². The molecule has 7 heteroatoms. The number of non-ortho nitro benzene ring substituents is 1. The van der Waals surface area contributed by atoms with Crippen molar-refractivity contribution >= 4 is 17.1 Å². The number of fused-ring (bicyclic) bond motifs is 1. The molecule has 0 amide bonds. The molecule has 0 unspecified atom stereocenters. The summed E-state index contributed by atoms with van der Waals surface area (Å²) in [4.78, 5) is 16.0. The van der Waals surface area contributed by atoms with Crippen LogP contribution in [0.3, 0.4) is 0 Å². The van der Waals surface area contributed by atoms with Gasteiger partial charge in [0.15, 0.2) is 6.19 Å². The van der Waals surface area contributed by atoms with Gasteiger partial charge in [0, 0.05) is 37.4 Å². The Hall–Kier alpha value is -2.88. The third kappa shape index (κ3) is 2.76. The van der Waals surface area contributed by atoms with Crippen LogP contribution in [0, 0.1) is 21.6 Å². The highest BCUT2D eigenvalue weighted by Crippen LogP contribution is 2.39. The normalized spacial score (nSPS) is 16.0. The highest BCUT2D eigenvalue weighted by molar-refractivity contribution is 6.24. The molecule has 114 valence electrons. The van der Waals surface area contributed by atoms with E-state index >= 15 is 0 Å². The maximum absolute atomic E-state index is 11.0. The molecule has 0 aromatic heterocycles. The maximum Gasteiger partial charge on any atom is 0.270 e. The predicted octanol–water partition coefficient (Wildman–Crippen LogP) is 2.59. The van der Waals surface area contributed by atoms with Gasteiger partial charge in [0.2, 0.25) is 0 Å². The van der Waals surface area contributed by atoms with E-state index in [0.717, 1.165) is 0 Å². The molecule has 0 atom stereocenters. The van der Waals surface area contributed by atoms with Crippen molar-refractivity contribution in [1.29, 1.82) is 5.26 Å². The first-order chi connectivity index (χ1) is 10.3. The fourth-order valence-electron chi connectivity index (χ4n) is 2.35. The maximum atomic E-state index is 11.0. The Morgan fingerprint density at radius 2 is 2.18 bits per heavy atom. The molecular formula is C15H16N4O3. The molecule has 1 aromatic rings. The number of benzene rings is 1. The van der Waals surface area contributed by atoms with E-state index in [2.05, 4.69) is 4.99 Å². The van der Waals surface area contributed by atoms with Crippen LogP contribution < -0.4 is 4.74 Å². The molecule has 0 aliphatic carbocycles. The van der Waals surface area contributed by atoms with Gasteiger partial charge in [-0.15, -0.1) is 0 Å². The van der Waals surface area contributed by atoms with Crippen LogP contribution in [0.15, 0.2) is 29.3 Å². The van der Waals surface area contributed by atoms with Crippen molar-refractivity contribution in [2.75, 3.05) is 14.1 Å². The molecule has 0 radical (unpaired) electrons. The van der Waals surface area contributed by atoms with Crippen LogP contribution in [-0.4, -0.2) is 35.4 Å². The highest BCUT2D eigenvalue weighted by atomic mass is 16.6. The molecule has 0 saturated carbocycles. The molecule has 1 heterocycles. The van der Waals surface area contributed by atoms with E-state index in [9.17, 15) is 10.1 Å². The van der Waals surface area contributed by atoms with E-state index in [1.54, 1.807) is 20.2 Å². The minimum atomic E-state index is -0.606. The summed E-state index contributed by atoms with van der Waals surface area (Å²) in [6.45, 7) is 3.74. The van der Waals surface area contributed by atoms with Gasteiger partial charge in [-0.3, -0.25) is 20.0 Å². The topological polar surface area (TPSA) is 91.8 Å². The molecule has 0 fully saturated rings. The number of nitrogens with zero attached hydrogens (tertiary/aromatic N) is 4. The summed E-state index contributed by atoms with van der Waals surface area (Å²) in [5.74, 6) is 0.959. The summed E-state index contributed by atoms with van der Waals surface area (Å²) in [7, 11) is 3.16. The molecule has 0 bridgehead atoms. The molecule has 0 saturated heterocycles. The lowest BCUT2D eigenvalue weighted by Gasteiger charge is -2.32. The van der Waals surface area contributed by atoms with Crippen molar-refractivity contribution in [2.45, 2.75) is 19.4 Å². The van der Waals surface area contributed by atoms with Gasteiger partial charge in [0.1, 0.15) is 17.2 Å². The van der Waals surface area contributed by atoms with Crippen molar-refractivity contribution in [1.82, 2.24) is 4.90 Å². The highest BCUT2D eigenvalue weighted by Gasteiger charge is 2.31. The third-order valence-electron chi connectivity index (χ3n) is 3.25. The van der Waals surface area contributed by atoms with Crippen LogP contribution in [0.1, 0.15) is 19.4 Å². The van der Waals surface area contributed by atoms with Gasteiger partial charge in [-0.25, -0.2) is 0 Å². The van der Waals surface area contributed by atoms with Gasteiger partial charge >= 0.3 is 0 Å². The Morgan fingerprint density at radius 3 is 2.73 bits per heavy atom. The zero-order valence-electron chi connectivity index (χ0n) is 12.8. The molecule has 22 heavy (non-hydrogen) atoms. The van der Waals surface area contributed by atoms with Gasteiger partial charge in [-0.05, 0) is 26.0 Å². The minimum Gasteiger partial charge on any atom is -0.483 e. The number of nitro benzene ring substituents is 1. The van der Waals surface area contributed by atoms with Crippen molar-refractivity contribution in [2.24, 2.45) is 4.99 Å². The average molecular weight is 300 g/mol. The lowest BCUT2D eigenvalue weighted by Crippen LogP contribution is -2.33. The zero-order chi connectivity index (χ0) is 16.5. The lowest BCUT2D eigenvalue weighted by molar-refractivity contribution is -0.384. The van der Waals surface area contributed by atoms with Crippen LogP contribution in [0.2, 0.25) is 0 Å². The lowest BCUT2D eigenvalue weighted by atomic mass is 9.93. The molecular weight excluding hydrogens is 284 g/mol. The largest absolute Gasteiger partial charge is 0.483 e. The first-order valence-corrected chi connectivity index (χ1v) is 6.60. The summed E-state index contributed by atoms with van der Waals surface area (Å²) in [6.07, 6.45) is 3.81. The first kappa shape index (κ1) is 15.5. The minimum absolute atomic E-state index is 0.0389. The van der Waals surface area contributed by atoms with E-state index in [0.29, 0.717) is 22.7 Å². The molecule has 1 aromatic carbocycles. The number of ether oxygens (including phenoxy) is 1. The number of hydrogen-bond acceptors (Lipinski definition) is 5. The number of aliphatic imine (C=N–C) groups is 1. The SMILES string of the molecule is CN=C(C1=CC(C)(C)Oc2ccc([N+](=O)[O-])cc21)N(C)C#N. The van der Waals surface area contributed by atoms with Gasteiger partial charge in [0.05, 0.1) is 4.92 Å². The van der Waals surface area contributed by atoms with Crippen molar-refractivity contribution in [3.63, 3.8) is 0 Å². The molecule has 7 nitrogen and oxygen atoms in total. The van der Waals surface area contributed by atoms with Crippen LogP contribution in [-0.2, 0) is 0 Å². The second-order valence-electron chi connectivity index (χ2n) is 5.41. The second-order valence-corrected chi connectivity index (χ2v) is 5.41. The monoisotopic (exact) mass is 300 g/mol. The average Bonchev–Trinajstić information content (AvgIpc) is 2.46. The van der Waals surface area contributed by atoms with Gasteiger partial charge < -0.3 is 4.74 Å². The number of hydrogen-bond donors (Lipinski definition) is 0. The predicted molar refractivity (Wildman–Crippen MR) is 82.5 cm³/mol. The Morgan fingerprint density at radius 1 is 1.50 bits per heavy atom. The Bertz CT molecular complexity index is 729. The number of rotatable bonds is 2. The number of likely N-dealkylation sites (N-methyl/N-ethyl adjacent to an activating group) is 1. The Kier molecular flexibility index (Phi) is 3.87. The Balaban J connectivity index is 2.67. The van der Waals surface area contributed by atoms with Crippen molar-refractivity contribution < 1.29 is 9.66 Å². The number of amidine groups is 1. The van der Waals surface area contributed by atoms with Crippen LogP contribution in [0.4, 0.5) is 5.69 Å². The van der Waals surface area contributed by atoms with Gasteiger partial charge in [-0.2, -0.15) is 5.26 Å². The number of nitro groups is 1. The molecule has 2 rings (SSSR count). The van der Waals surface area contributed by atoms with Crippen LogP contribution in [0.5, 0.6) is 5.75 Å². The summed E-state index contributed by atoms with van der Waals surface area (Å²) >= 11 is 0.